The lowest BCUT2D eigenvalue weighted by molar-refractivity contribution is 0.119. The lowest BCUT2D eigenvalue weighted by Gasteiger charge is -2.41. The number of benzene rings is 1. The molecule has 1 aliphatic carbocycles. The second-order valence-corrected chi connectivity index (χ2v) is 16.4. The van der Waals surface area contributed by atoms with E-state index < -0.39 is 18.3 Å². The zero-order valence-electron chi connectivity index (χ0n) is 17.6. The summed E-state index contributed by atoms with van der Waals surface area (Å²) >= 11 is 0. The topological polar surface area (TPSA) is 59.1 Å². The maximum Gasteiger partial charge on any atom is 0.243 e. The molecule has 5 nitrogen and oxygen atoms in total. The first kappa shape index (κ1) is 20.3. The molecule has 3 aliphatic rings. The molecule has 7 heteroatoms. The number of hydrogen-bond donors (Lipinski definition) is 0. The molecule has 2 fully saturated rings. The zero-order chi connectivity index (χ0) is 20.5. The predicted octanol–water partition coefficient (Wildman–Crippen LogP) is 3.86. The highest BCUT2D eigenvalue weighted by atomic mass is 32.2. The van der Waals surface area contributed by atoms with E-state index in [4.69, 9.17) is 9.16 Å². The van der Waals surface area contributed by atoms with Crippen LogP contribution >= 0.6 is 0 Å². The van der Waals surface area contributed by atoms with Crippen LogP contribution in [0.2, 0.25) is 18.1 Å². The number of rotatable bonds is 4. The molecule has 28 heavy (non-hydrogen) atoms. The Morgan fingerprint density at radius 2 is 1.82 bits per heavy atom. The van der Waals surface area contributed by atoms with E-state index >= 15 is 0 Å². The highest BCUT2D eigenvalue weighted by Crippen LogP contribution is 2.49. The van der Waals surface area contributed by atoms with Gasteiger partial charge in [0.1, 0.15) is 12.2 Å². The van der Waals surface area contributed by atoms with Crippen LogP contribution in [0.25, 0.3) is 0 Å². The van der Waals surface area contributed by atoms with Crippen molar-refractivity contribution in [3.8, 4) is 0 Å². The summed E-state index contributed by atoms with van der Waals surface area (Å²) in [5.74, 6) is 0. The highest BCUT2D eigenvalue weighted by Gasteiger charge is 2.59. The van der Waals surface area contributed by atoms with Gasteiger partial charge in [-0.1, -0.05) is 44.5 Å². The van der Waals surface area contributed by atoms with E-state index in [1.165, 1.54) is 0 Å². The van der Waals surface area contributed by atoms with Gasteiger partial charge in [-0.15, -0.1) is 0 Å². The molecule has 1 aromatic carbocycles. The molecule has 1 aromatic rings. The first-order chi connectivity index (χ1) is 12.9. The summed E-state index contributed by atoms with van der Waals surface area (Å²) in [6.45, 7) is 13.5. The van der Waals surface area contributed by atoms with Crippen molar-refractivity contribution >= 4 is 18.3 Å². The standard InChI is InChI=1S/C21H31NO4SSi/c1-14-7-9-15(10-8-14)27(23,24)22-12-11-16-17(22)13-18(20-19(16)25-20)26-28(5,6)21(2,3)4/h7-11,17-20H,12-13H2,1-6H3/t17-,18-,19+,20-/m1/s1. The van der Waals surface area contributed by atoms with Gasteiger partial charge in [-0.05, 0) is 49.2 Å². The molecule has 0 amide bonds. The summed E-state index contributed by atoms with van der Waals surface area (Å²) in [4.78, 5) is 0.355. The van der Waals surface area contributed by atoms with Gasteiger partial charge in [-0.3, -0.25) is 0 Å². The average Bonchev–Trinajstić information content (AvgIpc) is 3.27. The normalized spacial score (nSPS) is 30.6. The fourth-order valence-electron chi connectivity index (χ4n) is 3.99. The van der Waals surface area contributed by atoms with Crippen LogP contribution in [0.15, 0.2) is 40.8 Å². The molecule has 0 unspecified atom stereocenters. The molecular formula is C21H31NO4SSi. The van der Waals surface area contributed by atoms with Gasteiger partial charge >= 0.3 is 0 Å². The summed E-state index contributed by atoms with van der Waals surface area (Å²) in [5, 5.41) is 0.108. The summed E-state index contributed by atoms with van der Waals surface area (Å²) in [7, 11) is -5.50. The van der Waals surface area contributed by atoms with Crippen molar-refractivity contribution in [3.63, 3.8) is 0 Å². The van der Waals surface area contributed by atoms with Crippen LogP contribution in [-0.4, -0.2) is 51.9 Å². The molecule has 2 aliphatic heterocycles. The Morgan fingerprint density at radius 3 is 2.43 bits per heavy atom. The van der Waals surface area contributed by atoms with E-state index in [0.29, 0.717) is 17.9 Å². The Kier molecular flexibility index (Phi) is 4.71. The van der Waals surface area contributed by atoms with Crippen LogP contribution < -0.4 is 0 Å². The molecule has 0 aromatic heterocycles. The third-order valence-corrected chi connectivity index (χ3v) is 13.2. The smallest absolute Gasteiger partial charge is 0.243 e. The lowest BCUT2D eigenvalue weighted by Crippen LogP contribution is -2.50. The molecular weight excluding hydrogens is 390 g/mol. The van der Waals surface area contributed by atoms with Gasteiger partial charge in [-0.25, -0.2) is 8.42 Å². The van der Waals surface area contributed by atoms with Crippen molar-refractivity contribution in [3.05, 3.63) is 41.5 Å². The van der Waals surface area contributed by atoms with Gasteiger partial charge in [0, 0.05) is 6.54 Å². The van der Waals surface area contributed by atoms with Crippen molar-refractivity contribution < 1.29 is 17.6 Å². The molecule has 0 spiro atoms. The number of ether oxygens (including phenoxy) is 1. The van der Waals surface area contributed by atoms with Gasteiger partial charge in [0.05, 0.1) is 17.0 Å². The van der Waals surface area contributed by atoms with E-state index in [-0.39, 0.29) is 29.4 Å². The summed E-state index contributed by atoms with van der Waals surface area (Å²) < 4.78 is 40.8. The Morgan fingerprint density at radius 1 is 1.18 bits per heavy atom. The number of nitrogens with zero attached hydrogens (tertiary/aromatic N) is 1. The highest BCUT2D eigenvalue weighted by molar-refractivity contribution is 7.89. The minimum atomic E-state index is -3.54. The van der Waals surface area contributed by atoms with Crippen LogP contribution in [0.1, 0.15) is 32.8 Å². The second kappa shape index (κ2) is 6.50. The minimum absolute atomic E-state index is 0.0201. The molecule has 0 bridgehead atoms. The average molecular weight is 422 g/mol. The number of hydrogen-bond acceptors (Lipinski definition) is 4. The predicted molar refractivity (Wildman–Crippen MR) is 112 cm³/mol. The van der Waals surface area contributed by atoms with Crippen molar-refractivity contribution in [2.24, 2.45) is 0 Å². The van der Waals surface area contributed by atoms with Crippen LogP contribution in [-0.2, 0) is 19.2 Å². The maximum absolute atomic E-state index is 13.3. The van der Waals surface area contributed by atoms with Gasteiger partial charge in [-0.2, -0.15) is 4.31 Å². The largest absolute Gasteiger partial charge is 0.411 e. The summed E-state index contributed by atoms with van der Waals surface area (Å²) in [5.41, 5.74) is 2.17. The maximum atomic E-state index is 13.3. The van der Waals surface area contributed by atoms with E-state index in [2.05, 4.69) is 33.9 Å². The van der Waals surface area contributed by atoms with Crippen LogP contribution in [0.5, 0.6) is 0 Å². The van der Waals surface area contributed by atoms with Crippen LogP contribution in [0.3, 0.4) is 0 Å². The number of sulfonamides is 1. The Bertz CT molecular complexity index is 901. The Labute approximate surface area is 169 Å². The fraction of sp³-hybridized carbons (Fsp3) is 0.619. The SMILES string of the molecule is Cc1ccc(S(=O)(=O)N2CC=C3[C@H]2C[C@@H](O[Si](C)(C)C(C)(C)C)[C@H]2O[C@@H]32)cc1. The molecule has 0 N–H and O–H groups in total. The third kappa shape index (κ3) is 3.31. The van der Waals surface area contributed by atoms with Crippen LogP contribution in [0.4, 0.5) is 0 Å². The third-order valence-electron chi connectivity index (χ3n) is 6.80. The van der Waals surface area contributed by atoms with Gasteiger partial charge in [0.25, 0.3) is 0 Å². The lowest BCUT2D eigenvalue weighted by atomic mass is 9.90. The summed E-state index contributed by atoms with van der Waals surface area (Å²) in [6, 6.07) is 6.94. The number of aryl methyl sites for hydroxylation is 1. The Hall–Kier alpha value is -0.993. The number of epoxide rings is 1. The minimum Gasteiger partial charge on any atom is -0.411 e. The fourth-order valence-corrected chi connectivity index (χ4v) is 6.90. The first-order valence-electron chi connectivity index (χ1n) is 10.0. The molecule has 0 radical (unpaired) electrons. The molecule has 1 saturated carbocycles. The van der Waals surface area contributed by atoms with Gasteiger partial charge in [0.2, 0.25) is 10.0 Å². The van der Waals surface area contributed by atoms with E-state index in [1.807, 2.05) is 25.1 Å². The first-order valence-corrected chi connectivity index (χ1v) is 14.4. The van der Waals surface area contributed by atoms with Crippen molar-refractivity contribution in [2.75, 3.05) is 6.54 Å². The molecule has 4 atom stereocenters. The van der Waals surface area contributed by atoms with Gasteiger partial charge in [0.15, 0.2) is 8.32 Å². The molecule has 1 saturated heterocycles. The molecule has 4 rings (SSSR count). The van der Waals surface area contributed by atoms with Crippen molar-refractivity contribution in [1.82, 2.24) is 4.31 Å². The van der Waals surface area contributed by atoms with Gasteiger partial charge < -0.3 is 9.16 Å². The summed E-state index contributed by atoms with van der Waals surface area (Å²) in [6.07, 6.45) is 2.78. The Balaban J connectivity index is 1.58. The van der Waals surface area contributed by atoms with Crippen LogP contribution in [0, 0.1) is 6.92 Å². The van der Waals surface area contributed by atoms with Crippen molar-refractivity contribution in [2.45, 2.75) is 81.5 Å². The van der Waals surface area contributed by atoms with Crippen molar-refractivity contribution in [1.29, 1.82) is 0 Å². The van der Waals surface area contributed by atoms with E-state index in [9.17, 15) is 8.42 Å². The second-order valence-electron chi connectivity index (χ2n) is 9.78. The number of fused-ring (bicyclic) bond motifs is 3. The zero-order valence-corrected chi connectivity index (χ0v) is 19.4. The van der Waals surface area contributed by atoms with E-state index in [1.54, 1.807) is 16.4 Å². The monoisotopic (exact) mass is 421 g/mol. The quantitative estimate of drug-likeness (QED) is 0.421. The molecule has 2 heterocycles. The molecule has 154 valence electrons. The van der Waals surface area contributed by atoms with E-state index in [0.717, 1.165) is 11.1 Å².